The number of benzene rings is 1. The van der Waals surface area contributed by atoms with Crippen molar-refractivity contribution >= 4 is 23.8 Å². The fraction of sp³-hybridized carbons (Fsp3) is 0.333. The van der Waals surface area contributed by atoms with E-state index in [0.717, 1.165) is 0 Å². The highest BCUT2D eigenvalue weighted by molar-refractivity contribution is 6.32. The summed E-state index contributed by atoms with van der Waals surface area (Å²) in [7, 11) is 1.74. The lowest BCUT2D eigenvalue weighted by atomic mass is 10.2. The monoisotopic (exact) mass is 253 g/mol. The Morgan fingerprint density at radius 1 is 1.53 bits per heavy atom. The Labute approximate surface area is 104 Å². The lowest BCUT2D eigenvalue weighted by Crippen LogP contribution is -2.29. The predicted molar refractivity (Wildman–Crippen MR) is 63.5 cm³/mol. The van der Waals surface area contributed by atoms with E-state index in [1.807, 2.05) is 0 Å². The van der Waals surface area contributed by atoms with Gasteiger partial charge in [0.05, 0.1) is 5.02 Å². The van der Waals surface area contributed by atoms with E-state index in [1.165, 1.54) is 6.07 Å². The number of carbonyl (C=O) groups excluding carboxylic acids is 2. The minimum Gasteiger partial charge on any atom is -0.479 e. The second-order valence-corrected chi connectivity index (χ2v) is 4.37. The Hall–Kier alpha value is -1.55. The van der Waals surface area contributed by atoms with Gasteiger partial charge in [0.25, 0.3) is 5.91 Å². The molecule has 0 aromatic heterocycles. The highest BCUT2D eigenvalue weighted by atomic mass is 35.5. The molecule has 0 saturated carbocycles. The molecule has 17 heavy (non-hydrogen) atoms. The molecule has 0 bridgehead atoms. The summed E-state index contributed by atoms with van der Waals surface area (Å²) in [6, 6.07) is 4.74. The number of nitrogens with zero attached hydrogens (tertiary/aromatic N) is 1. The highest BCUT2D eigenvalue weighted by Crippen LogP contribution is 2.27. The molecule has 0 spiro atoms. The summed E-state index contributed by atoms with van der Waals surface area (Å²) in [5.74, 6) is 0.395. The molecule has 1 atom stereocenters. The summed E-state index contributed by atoms with van der Waals surface area (Å²) in [5.41, 5.74) is 0.484. The Morgan fingerprint density at radius 3 is 2.82 bits per heavy atom. The normalized spacial score (nSPS) is 19.5. The molecule has 1 aliphatic rings. The minimum absolute atomic E-state index is 0.0412. The van der Waals surface area contributed by atoms with Gasteiger partial charge in [0.1, 0.15) is 12.0 Å². The molecule has 1 saturated heterocycles. The molecular weight excluding hydrogens is 242 g/mol. The standard InChI is InChI=1S/C12H12ClNO3/c1-14-5-4-11(12(14)16)17-10-3-2-8(7-15)6-9(10)13/h2-3,6-7,11H,4-5H2,1H3. The van der Waals surface area contributed by atoms with Gasteiger partial charge < -0.3 is 9.64 Å². The molecule has 0 aliphatic carbocycles. The predicted octanol–water partition coefficient (Wildman–Crippen LogP) is 1.76. The molecule has 1 fully saturated rings. The number of hydrogen-bond acceptors (Lipinski definition) is 3. The van der Waals surface area contributed by atoms with Crippen LogP contribution in [0, 0.1) is 0 Å². The fourth-order valence-corrected chi connectivity index (χ4v) is 1.97. The van der Waals surface area contributed by atoms with Crippen molar-refractivity contribution in [1.82, 2.24) is 4.90 Å². The zero-order valence-corrected chi connectivity index (χ0v) is 10.1. The number of likely N-dealkylation sites (N-methyl/N-ethyl adjacent to an activating group) is 1. The van der Waals surface area contributed by atoms with Crippen molar-refractivity contribution in [3.63, 3.8) is 0 Å². The molecule has 0 N–H and O–H groups in total. The van der Waals surface area contributed by atoms with Gasteiger partial charge in [-0.2, -0.15) is 0 Å². The van der Waals surface area contributed by atoms with Crippen LogP contribution < -0.4 is 4.74 Å². The second kappa shape index (κ2) is 4.75. The van der Waals surface area contributed by atoms with Crippen molar-refractivity contribution in [3.05, 3.63) is 28.8 Å². The minimum atomic E-state index is -0.473. The van der Waals surface area contributed by atoms with Crippen LogP contribution in [0.15, 0.2) is 18.2 Å². The van der Waals surface area contributed by atoms with E-state index < -0.39 is 6.10 Å². The second-order valence-electron chi connectivity index (χ2n) is 3.96. The molecule has 0 radical (unpaired) electrons. The van der Waals surface area contributed by atoms with Gasteiger partial charge in [-0.3, -0.25) is 9.59 Å². The number of carbonyl (C=O) groups is 2. The van der Waals surface area contributed by atoms with Gasteiger partial charge in [0.2, 0.25) is 0 Å². The molecule has 2 rings (SSSR count). The van der Waals surface area contributed by atoms with Crippen molar-refractivity contribution in [3.8, 4) is 5.75 Å². The zero-order chi connectivity index (χ0) is 12.4. The van der Waals surface area contributed by atoms with Crippen molar-refractivity contribution in [2.24, 2.45) is 0 Å². The van der Waals surface area contributed by atoms with Gasteiger partial charge in [-0.25, -0.2) is 0 Å². The van der Waals surface area contributed by atoms with Crippen LogP contribution in [0.1, 0.15) is 16.8 Å². The lowest BCUT2D eigenvalue weighted by Gasteiger charge is -2.14. The van der Waals surface area contributed by atoms with Crippen LogP contribution in [0.3, 0.4) is 0 Å². The van der Waals surface area contributed by atoms with Gasteiger partial charge in [-0.1, -0.05) is 11.6 Å². The van der Waals surface area contributed by atoms with E-state index in [9.17, 15) is 9.59 Å². The van der Waals surface area contributed by atoms with Crippen LogP contribution in [-0.4, -0.2) is 36.8 Å². The first-order valence-electron chi connectivity index (χ1n) is 5.28. The number of likely N-dealkylation sites (tertiary alicyclic amines) is 1. The molecule has 90 valence electrons. The first kappa shape index (κ1) is 11.9. The first-order chi connectivity index (χ1) is 8.11. The van der Waals surface area contributed by atoms with Gasteiger partial charge in [0.15, 0.2) is 6.10 Å². The third-order valence-corrected chi connectivity index (χ3v) is 3.03. The molecule has 1 aromatic carbocycles. The van der Waals surface area contributed by atoms with Crippen LogP contribution in [0.25, 0.3) is 0 Å². The Bertz CT molecular complexity index is 461. The van der Waals surface area contributed by atoms with E-state index in [0.29, 0.717) is 35.6 Å². The summed E-state index contributed by atoms with van der Waals surface area (Å²) in [4.78, 5) is 23.8. The van der Waals surface area contributed by atoms with Crippen LogP contribution in [0.2, 0.25) is 5.02 Å². The van der Waals surface area contributed by atoms with Crippen LogP contribution in [0.4, 0.5) is 0 Å². The Morgan fingerprint density at radius 2 is 2.29 bits per heavy atom. The van der Waals surface area contributed by atoms with Crippen LogP contribution in [0.5, 0.6) is 5.75 Å². The largest absolute Gasteiger partial charge is 0.479 e. The number of ether oxygens (including phenoxy) is 1. The molecule has 1 unspecified atom stereocenters. The number of hydrogen-bond donors (Lipinski definition) is 0. The van der Waals surface area contributed by atoms with E-state index in [-0.39, 0.29) is 5.91 Å². The fourth-order valence-electron chi connectivity index (χ4n) is 1.74. The Balaban J connectivity index is 2.14. The van der Waals surface area contributed by atoms with Crippen molar-refractivity contribution < 1.29 is 14.3 Å². The van der Waals surface area contributed by atoms with E-state index in [2.05, 4.69) is 0 Å². The SMILES string of the molecule is CN1CCC(Oc2ccc(C=O)cc2Cl)C1=O. The summed E-state index contributed by atoms with van der Waals surface area (Å²) in [6.45, 7) is 0.688. The third-order valence-electron chi connectivity index (χ3n) is 2.74. The number of aldehydes is 1. The van der Waals surface area contributed by atoms with Gasteiger partial charge in [-0.15, -0.1) is 0 Å². The van der Waals surface area contributed by atoms with Crippen LogP contribution in [-0.2, 0) is 4.79 Å². The smallest absolute Gasteiger partial charge is 0.263 e. The van der Waals surface area contributed by atoms with E-state index >= 15 is 0 Å². The van der Waals surface area contributed by atoms with Crippen LogP contribution >= 0.6 is 11.6 Å². The topological polar surface area (TPSA) is 46.6 Å². The third kappa shape index (κ3) is 2.42. The lowest BCUT2D eigenvalue weighted by molar-refractivity contribution is -0.132. The molecule has 1 heterocycles. The molecule has 5 heteroatoms. The van der Waals surface area contributed by atoms with Crippen molar-refractivity contribution in [1.29, 1.82) is 0 Å². The van der Waals surface area contributed by atoms with Gasteiger partial charge >= 0.3 is 0 Å². The molecular formula is C12H12ClNO3. The summed E-state index contributed by atoms with van der Waals surface area (Å²) >= 11 is 5.96. The number of halogens is 1. The molecule has 4 nitrogen and oxygen atoms in total. The first-order valence-corrected chi connectivity index (χ1v) is 5.66. The maximum Gasteiger partial charge on any atom is 0.263 e. The van der Waals surface area contributed by atoms with E-state index in [1.54, 1.807) is 24.1 Å². The van der Waals surface area contributed by atoms with Crippen molar-refractivity contribution in [2.45, 2.75) is 12.5 Å². The summed E-state index contributed by atoms with van der Waals surface area (Å²) < 4.78 is 5.55. The van der Waals surface area contributed by atoms with E-state index in [4.69, 9.17) is 16.3 Å². The zero-order valence-electron chi connectivity index (χ0n) is 9.35. The number of amides is 1. The van der Waals surface area contributed by atoms with Gasteiger partial charge in [0, 0.05) is 25.6 Å². The molecule has 1 aromatic rings. The Kier molecular flexibility index (Phi) is 3.33. The quantitative estimate of drug-likeness (QED) is 0.772. The summed E-state index contributed by atoms with van der Waals surface area (Å²) in [6.07, 6.45) is 0.894. The maximum atomic E-state index is 11.6. The average Bonchev–Trinajstić information content (AvgIpc) is 2.63. The molecule has 1 aliphatic heterocycles. The summed E-state index contributed by atoms with van der Waals surface area (Å²) in [5, 5.41) is 0.344. The van der Waals surface area contributed by atoms with Gasteiger partial charge in [-0.05, 0) is 18.2 Å². The average molecular weight is 254 g/mol. The van der Waals surface area contributed by atoms with Crippen molar-refractivity contribution in [2.75, 3.05) is 13.6 Å². The number of rotatable bonds is 3. The molecule has 1 amide bonds. The maximum absolute atomic E-state index is 11.6. The highest BCUT2D eigenvalue weighted by Gasteiger charge is 2.31.